The number of halogens is 1. The molecule has 1 aliphatic rings. The number of piperidine rings is 1. The highest BCUT2D eigenvalue weighted by Crippen LogP contribution is 2.19. The van der Waals surface area contributed by atoms with Gasteiger partial charge in [0.25, 0.3) is 5.91 Å². The Hall–Kier alpha value is -1.00. The molecule has 0 aliphatic carbocycles. The van der Waals surface area contributed by atoms with E-state index in [1.165, 1.54) is 6.42 Å². The van der Waals surface area contributed by atoms with Gasteiger partial charge >= 0.3 is 0 Å². The van der Waals surface area contributed by atoms with Crippen LogP contribution in [0, 0.1) is 12.8 Å². The van der Waals surface area contributed by atoms with E-state index in [2.05, 4.69) is 5.32 Å². The normalized spacial score (nSPS) is 19.4. The molecule has 0 radical (unpaired) electrons. The van der Waals surface area contributed by atoms with Gasteiger partial charge in [-0.2, -0.15) is 0 Å². The minimum atomic E-state index is 0. The van der Waals surface area contributed by atoms with Crippen LogP contribution in [0.4, 0.5) is 0 Å². The summed E-state index contributed by atoms with van der Waals surface area (Å²) in [4.78, 5) is 14.2. The van der Waals surface area contributed by atoms with E-state index in [1.54, 1.807) is 12.3 Å². The second kappa shape index (κ2) is 6.81. The number of hydrogen-bond acceptors (Lipinski definition) is 3. The Bertz CT molecular complexity index is 390. The summed E-state index contributed by atoms with van der Waals surface area (Å²) >= 11 is 0. The number of rotatable bonds is 3. The van der Waals surface area contributed by atoms with Crippen molar-refractivity contribution in [2.45, 2.75) is 19.8 Å². The van der Waals surface area contributed by atoms with Crippen LogP contribution in [0.2, 0.25) is 0 Å². The molecule has 0 bridgehead atoms. The van der Waals surface area contributed by atoms with Crippen LogP contribution in [-0.2, 0) is 0 Å². The van der Waals surface area contributed by atoms with Gasteiger partial charge in [0.1, 0.15) is 5.76 Å². The summed E-state index contributed by atoms with van der Waals surface area (Å²) in [5.41, 5.74) is 0.704. The molecule has 0 spiro atoms. The van der Waals surface area contributed by atoms with Gasteiger partial charge in [-0.25, -0.2) is 0 Å². The van der Waals surface area contributed by atoms with Crippen molar-refractivity contribution in [2.75, 3.05) is 26.7 Å². The van der Waals surface area contributed by atoms with E-state index in [1.807, 2.05) is 18.9 Å². The second-order valence-corrected chi connectivity index (χ2v) is 4.71. The minimum absolute atomic E-state index is 0. The molecule has 1 aromatic heterocycles. The second-order valence-electron chi connectivity index (χ2n) is 4.71. The predicted octanol–water partition coefficient (Wildman–Crippen LogP) is 2.08. The van der Waals surface area contributed by atoms with Crippen LogP contribution in [-0.4, -0.2) is 37.5 Å². The van der Waals surface area contributed by atoms with E-state index in [4.69, 9.17) is 4.42 Å². The maximum absolute atomic E-state index is 12.3. The number of amides is 1. The van der Waals surface area contributed by atoms with Crippen molar-refractivity contribution in [2.24, 2.45) is 5.92 Å². The first kappa shape index (κ1) is 15.1. The highest BCUT2D eigenvalue weighted by molar-refractivity contribution is 5.95. The molecule has 1 saturated heterocycles. The molecule has 1 fully saturated rings. The first-order valence-electron chi connectivity index (χ1n) is 6.20. The van der Waals surface area contributed by atoms with E-state index < -0.39 is 0 Å². The number of nitrogens with one attached hydrogen (secondary N) is 1. The molecule has 1 aliphatic heterocycles. The summed E-state index contributed by atoms with van der Waals surface area (Å²) in [6.07, 6.45) is 3.88. The Kier molecular flexibility index (Phi) is 5.69. The van der Waals surface area contributed by atoms with Crippen LogP contribution in [0.5, 0.6) is 0 Å². The maximum atomic E-state index is 12.3. The number of nitrogens with zero attached hydrogens (tertiary/aromatic N) is 1. The van der Waals surface area contributed by atoms with Crippen molar-refractivity contribution >= 4 is 18.3 Å². The average Bonchev–Trinajstić information content (AvgIpc) is 2.75. The van der Waals surface area contributed by atoms with Crippen LogP contribution in [0.3, 0.4) is 0 Å². The van der Waals surface area contributed by atoms with Crippen molar-refractivity contribution in [3.8, 4) is 0 Å². The molecule has 18 heavy (non-hydrogen) atoms. The SMILES string of the molecule is CNCC1CCCN(C(=O)c2ccoc2C)C1.Cl. The number of carbonyl (C=O) groups is 1. The fourth-order valence-corrected chi connectivity index (χ4v) is 2.48. The number of carbonyl (C=O) groups excluding carboxylic acids is 1. The molecule has 102 valence electrons. The summed E-state index contributed by atoms with van der Waals surface area (Å²) in [6, 6.07) is 1.76. The van der Waals surface area contributed by atoms with Gasteiger partial charge in [0.15, 0.2) is 0 Å². The lowest BCUT2D eigenvalue weighted by Gasteiger charge is -2.32. The van der Waals surface area contributed by atoms with Gasteiger partial charge in [0, 0.05) is 13.1 Å². The fourth-order valence-electron chi connectivity index (χ4n) is 2.48. The summed E-state index contributed by atoms with van der Waals surface area (Å²) in [6.45, 7) is 4.53. The molecule has 2 rings (SSSR count). The number of likely N-dealkylation sites (tertiary alicyclic amines) is 1. The first-order valence-corrected chi connectivity index (χ1v) is 6.20. The van der Waals surface area contributed by atoms with Gasteiger partial charge in [-0.05, 0) is 45.3 Å². The highest BCUT2D eigenvalue weighted by Gasteiger charge is 2.25. The van der Waals surface area contributed by atoms with Crippen LogP contribution < -0.4 is 5.32 Å². The summed E-state index contributed by atoms with van der Waals surface area (Å²) < 4.78 is 5.19. The Balaban J connectivity index is 0.00000162. The number of hydrogen-bond donors (Lipinski definition) is 1. The summed E-state index contributed by atoms with van der Waals surface area (Å²) in [5.74, 6) is 1.40. The molecule has 1 atom stereocenters. The van der Waals surface area contributed by atoms with Gasteiger partial charge in [0.05, 0.1) is 11.8 Å². The van der Waals surface area contributed by atoms with E-state index >= 15 is 0 Å². The monoisotopic (exact) mass is 272 g/mol. The largest absolute Gasteiger partial charge is 0.469 e. The molecular formula is C13H21ClN2O2. The van der Waals surface area contributed by atoms with Gasteiger partial charge in [-0.1, -0.05) is 0 Å². The Morgan fingerprint density at radius 1 is 1.61 bits per heavy atom. The third-order valence-electron chi connectivity index (χ3n) is 3.39. The Morgan fingerprint density at radius 3 is 3.00 bits per heavy atom. The lowest BCUT2D eigenvalue weighted by Crippen LogP contribution is -2.42. The van der Waals surface area contributed by atoms with Gasteiger partial charge in [0.2, 0.25) is 0 Å². The van der Waals surface area contributed by atoms with E-state index in [0.29, 0.717) is 17.2 Å². The van der Waals surface area contributed by atoms with Crippen LogP contribution in [0.25, 0.3) is 0 Å². The zero-order valence-electron chi connectivity index (χ0n) is 10.9. The van der Waals surface area contributed by atoms with Crippen molar-refractivity contribution in [3.05, 3.63) is 23.7 Å². The molecule has 1 unspecified atom stereocenters. The number of aryl methyl sites for hydroxylation is 1. The van der Waals surface area contributed by atoms with E-state index in [0.717, 1.165) is 26.1 Å². The molecule has 2 heterocycles. The quantitative estimate of drug-likeness (QED) is 0.916. The minimum Gasteiger partial charge on any atom is -0.469 e. The zero-order chi connectivity index (χ0) is 12.3. The maximum Gasteiger partial charge on any atom is 0.257 e. The topological polar surface area (TPSA) is 45.5 Å². The average molecular weight is 273 g/mol. The van der Waals surface area contributed by atoms with Crippen molar-refractivity contribution in [1.82, 2.24) is 10.2 Å². The lowest BCUT2D eigenvalue weighted by atomic mass is 9.97. The van der Waals surface area contributed by atoms with Crippen molar-refractivity contribution < 1.29 is 9.21 Å². The smallest absolute Gasteiger partial charge is 0.257 e. The third kappa shape index (κ3) is 3.27. The molecule has 0 aromatic carbocycles. The molecule has 5 heteroatoms. The predicted molar refractivity (Wildman–Crippen MR) is 73.2 cm³/mol. The van der Waals surface area contributed by atoms with E-state index in [-0.39, 0.29) is 18.3 Å². The molecule has 1 amide bonds. The van der Waals surface area contributed by atoms with Crippen LogP contribution >= 0.6 is 12.4 Å². The summed E-state index contributed by atoms with van der Waals surface area (Å²) in [5, 5.41) is 3.19. The standard InChI is InChI=1S/C13H20N2O2.ClH/c1-10-12(5-7-17-10)13(16)15-6-3-4-11(9-15)8-14-2;/h5,7,11,14H,3-4,6,8-9H2,1-2H3;1H. The fraction of sp³-hybridized carbons (Fsp3) is 0.615. The number of furan rings is 1. The zero-order valence-corrected chi connectivity index (χ0v) is 11.8. The lowest BCUT2D eigenvalue weighted by molar-refractivity contribution is 0.0672. The van der Waals surface area contributed by atoms with Crippen molar-refractivity contribution in [3.63, 3.8) is 0 Å². The summed E-state index contributed by atoms with van der Waals surface area (Å²) in [7, 11) is 1.96. The van der Waals surface area contributed by atoms with Gasteiger partial charge in [-0.15, -0.1) is 12.4 Å². The Morgan fingerprint density at radius 2 is 2.39 bits per heavy atom. The third-order valence-corrected chi connectivity index (χ3v) is 3.39. The first-order chi connectivity index (χ1) is 8.22. The van der Waals surface area contributed by atoms with Crippen LogP contribution in [0.15, 0.2) is 16.7 Å². The molecule has 1 aromatic rings. The highest BCUT2D eigenvalue weighted by atomic mass is 35.5. The van der Waals surface area contributed by atoms with Crippen LogP contribution in [0.1, 0.15) is 29.0 Å². The molecule has 1 N–H and O–H groups in total. The molecule has 0 saturated carbocycles. The molecular weight excluding hydrogens is 252 g/mol. The van der Waals surface area contributed by atoms with Gasteiger partial charge < -0.3 is 14.6 Å². The van der Waals surface area contributed by atoms with Gasteiger partial charge in [-0.3, -0.25) is 4.79 Å². The molecule has 4 nitrogen and oxygen atoms in total. The van der Waals surface area contributed by atoms with Crippen molar-refractivity contribution in [1.29, 1.82) is 0 Å². The Labute approximate surface area is 114 Å². The van der Waals surface area contributed by atoms with E-state index in [9.17, 15) is 4.79 Å².